The summed E-state index contributed by atoms with van der Waals surface area (Å²) in [5.74, 6) is 0.805. The van der Waals surface area contributed by atoms with Crippen LogP contribution in [0.3, 0.4) is 0 Å². The molecule has 0 bridgehead atoms. The van der Waals surface area contributed by atoms with Gasteiger partial charge in [-0.3, -0.25) is 9.48 Å². The summed E-state index contributed by atoms with van der Waals surface area (Å²) in [6, 6.07) is 7.76. The minimum absolute atomic E-state index is 0.0308. The van der Waals surface area contributed by atoms with Gasteiger partial charge in [0.05, 0.1) is 18.7 Å². The van der Waals surface area contributed by atoms with Gasteiger partial charge in [0.25, 0.3) is 0 Å². The molecule has 27 heavy (non-hydrogen) atoms. The van der Waals surface area contributed by atoms with E-state index in [0.29, 0.717) is 25.9 Å². The van der Waals surface area contributed by atoms with E-state index < -0.39 is 5.60 Å². The van der Waals surface area contributed by atoms with E-state index in [1.165, 1.54) is 0 Å². The van der Waals surface area contributed by atoms with Gasteiger partial charge in [-0.1, -0.05) is 18.2 Å². The molecule has 1 aliphatic rings. The highest BCUT2D eigenvalue weighted by atomic mass is 16.5. The molecule has 3 rings (SSSR count). The molecule has 2 aromatic rings. The zero-order valence-electron chi connectivity index (χ0n) is 16.7. The van der Waals surface area contributed by atoms with Crippen molar-refractivity contribution in [2.75, 3.05) is 19.7 Å². The normalized spacial score (nSPS) is 20.0. The Morgan fingerprint density at radius 2 is 2.04 bits per heavy atom. The summed E-state index contributed by atoms with van der Waals surface area (Å²) in [4.78, 5) is 14.6. The topological polar surface area (TPSA) is 67.6 Å². The summed E-state index contributed by atoms with van der Waals surface area (Å²) in [6.45, 7) is 7.05. The second-order valence-corrected chi connectivity index (χ2v) is 7.65. The maximum Gasteiger partial charge on any atom is 0.227 e. The Hall–Kier alpha value is -2.34. The summed E-state index contributed by atoms with van der Waals surface area (Å²) in [6.07, 6.45) is 1.72. The van der Waals surface area contributed by atoms with Gasteiger partial charge in [0.2, 0.25) is 5.91 Å². The molecule has 2 heterocycles. The number of ether oxygens (including phenoxy) is 1. The molecule has 1 aromatic heterocycles. The number of carbonyl (C=O) groups is 1. The predicted octanol–water partition coefficient (Wildman–Crippen LogP) is 2.32. The van der Waals surface area contributed by atoms with E-state index in [1.807, 2.05) is 52.1 Å². The second-order valence-electron chi connectivity index (χ2n) is 7.65. The van der Waals surface area contributed by atoms with Gasteiger partial charge in [0, 0.05) is 24.8 Å². The first-order chi connectivity index (χ1) is 12.8. The van der Waals surface area contributed by atoms with Crippen LogP contribution >= 0.6 is 0 Å². The van der Waals surface area contributed by atoms with Crippen LogP contribution in [-0.4, -0.2) is 51.0 Å². The number of piperidine rings is 1. The Kier molecular flexibility index (Phi) is 5.56. The maximum atomic E-state index is 12.8. The van der Waals surface area contributed by atoms with Crippen molar-refractivity contribution < 1.29 is 14.6 Å². The van der Waals surface area contributed by atoms with E-state index >= 15 is 0 Å². The fourth-order valence-corrected chi connectivity index (χ4v) is 3.71. The van der Waals surface area contributed by atoms with E-state index in [4.69, 9.17) is 4.74 Å². The number of rotatable bonds is 5. The third kappa shape index (κ3) is 4.33. The van der Waals surface area contributed by atoms with E-state index in [0.717, 1.165) is 34.7 Å². The number of likely N-dealkylation sites (tertiary alicyclic amines) is 1. The molecule has 0 spiro atoms. The standard InChI is InChI=1S/C21H29N3O3/c1-15-8-5-6-9-19(15)27-14-21(26)10-7-11-24(13-21)20(25)12-18-16(2)22-23(4)17(18)3/h5-6,8-9,26H,7,10-14H2,1-4H3. The number of β-amino-alcohol motifs (C(OH)–C–C–N with tert-alkyl or cyclic N) is 1. The molecule has 1 atom stereocenters. The maximum absolute atomic E-state index is 12.8. The number of hydrogen-bond donors (Lipinski definition) is 1. The zero-order valence-corrected chi connectivity index (χ0v) is 16.7. The van der Waals surface area contributed by atoms with Crippen molar-refractivity contribution in [3.63, 3.8) is 0 Å². The van der Waals surface area contributed by atoms with E-state index in [2.05, 4.69) is 5.10 Å². The van der Waals surface area contributed by atoms with Crippen molar-refractivity contribution >= 4 is 5.91 Å². The first-order valence-electron chi connectivity index (χ1n) is 9.47. The SMILES string of the molecule is Cc1ccccc1OCC1(O)CCCN(C(=O)Cc2c(C)nn(C)c2C)C1. The lowest BCUT2D eigenvalue weighted by molar-refractivity contribution is -0.139. The molecular weight excluding hydrogens is 342 g/mol. The van der Waals surface area contributed by atoms with Crippen LogP contribution in [0.25, 0.3) is 0 Å². The van der Waals surface area contributed by atoms with E-state index in [1.54, 1.807) is 9.58 Å². The van der Waals surface area contributed by atoms with Crippen LogP contribution < -0.4 is 4.74 Å². The van der Waals surface area contributed by atoms with Crippen LogP contribution in [0.5, 0.6) is 5.75 Å². The zero-order chi connectivity index (χ0) is 19.6. The molecule has 1 aromatic carbocycles. The number of benzene rings is 1. The van der Waals surface area contributed by atoms with Gasteiger partial charge in [-0.2, -0.15) is 5.10 Å². The Bertz CT molecular complexity index is 830. The molecule has 146 valence electrons. The molecule has 0 aliphatic carbocycles. The molecule has 1 N–H and O–H groups in total. The smallest absolute Gasteiger partial charge is 0.227 e. The molecule has 1 saturated heterocycles. The average molecular weight is 371 g/mol. The summed E-state index contributed by atoms with van der Waals surface area (Å²) in [7, 11) is 1.89. The number of carbonyl (C=O) groups excluding carboxylic acids is 1. The number of nitrogens with zero attached hydrogens (tertiary/aromatic N) is 3. The number of aryl methyl sites for hydroxylation is 3. The monoisotopic (exact) mass is 371 g/mol. The lowest BCUT2D eigenvalue weighted by atomic mass is 9.93. The summed E-state index contributed by atoms with van der Waals surface area (Å²) in [5, 5.41) is 15.4. The number of para-hydroxylation sites is 1. The van der Waals surface area contributed by atoms with Crippen LogP contribution in [0, 0.1) is 20.8 Å². The number of hydrogen-bond acceptors (Lipinski definition) is 4. The highest BCUT2D eigenvalue weighted by Gasteiger charge is 2.36. The highest BCUT2D eigenvalue weighted by molar-refractivity contribution is 5.79. The van der Waals surface area contributed by atoms with Crippen molar-refractivity contribution in [1.82, 2.24) is 14.7 Å². The highest BCUT2D eigenvalue weighted by Crippen LogP contribution is 2.25. The van der Waals surface area contributed by atoms with Gasteiger partial charge in [0.15, 0.2) is 0 Å². The van der Waals surface area contributed by atoms with Crippen LogP contribution in [0.2, 0.25) is 0 Å². The van der Waals surface area contributed by atoms with Gasteiger partial charge in [0.1, 0.15) is 18.0 Å². The first kappa shape index (κ1) is 19.4. The Balaban J connectivity index is 1.64. The van der Waals surface area contributed by atoms with Crippen molar-refractivity contribution in [2.45, 2.75) is 45.6 Å². The quantitative estimate of drug-likeness (QED) is 0.876. The van der Waals surface area contributed by atoms with E-state index in [-0.39, 0.29) is 12.5 Å². The van der Waals surface area contributed by atoms with Crippen LogP contribution in [0.4, 0.5) is 0 Å². The third-order valence-corrected chi connectivity index (χ3v) is 5.48. The number of aromatic nitrogens is 2. The second kappa shape index (κ2) is 7.72. The molecule has 0 saturated carbocycles. The lowest BCUT2D eigenvalue weighted by Crippen LogP contribution is -2.53. The van der Waals surface area contributed by atoms with Crippen LogP contribution in [0.1, 0.15) is 35.4 Å². The van der Waals surface area contributed by atoms with Gasteiger partial charge in [-0.05, 0) is 45.2 Å². The molecule has 6 heteroatoms. The van der Waals surface area contributed by atoms with E-state index in [9.17, 15) is 9.90 Å². The van der Waals surface area contributed by atoms with Crippen LogP contribution in [0.15, 0.2) is 24.3 Å². The van der Waals surface area contributed by atoms with Crippen molar-refractivity contribution in [3.8, 4) is 5.75 Å². The molecule has 1 aliphatic heterocycles. The molecule has 6 nitrogen and oxygen atoms in total. The number of aliphatic hydroxyl groups is 1. The fourth-order valence-electron chi connectivity index (χ4n) is 3.71. The molecule has 1 fully saturated rings. The van der Waals surface area contributed by atoms with Gasteiger partial charge in [-0.25, -0.2) is 0 Å². The Morgan fingerprint density at radius 3 is 2.70 bits per heavy atom. The third-order valence-electron chi connectivity index (χ3n) is 5.48. The fraction of sp³-hybridized carbons (Fsp3) is 0.524. The largest absolute Gasteiger partial charge is 0.490 e. The molecule has 0 radical (unpaired) electrons. The molecule has 1 amide bonds. The lowest BCUT2D eigenvalue weighted by Gasteiger charge is -2.39. The minimum atomic E-state index is -1.02. The van der Waals surface area contributed by atoms with Crippen molar-refractivity contribution in [2.24, 2.45) is 7.05 Å². The first-order valence-corrected chi connectivity index (χ1v) is 9.47. The average Bonchev–Trinajstić information content (AvgIpc) is 2.87. The number of amides is 1. The molecular formula is C21H29N3O3. The summed E-state index contributed by atoms with van der Waals surface area (Å²) < 4.78 is 7.67. The Labute approximate surface area is 160 Å². The minimum Gasteiger partial charge on any atom is -0.490 e. The van der Waals surface area contributed by atoms with Gasteiger partial charge in [-0.15, -0.1) is 0 Å². The van der Waals surface area contributed by atoms with Gasteiger partial charge >= 0.3 is 0 Å². The Morgan fingerprint density at radius 1 is 1.30 bits per heavy atom. The summed E-state index contributed by atoms with van der Waals surface area (Å²) in [5.41, 5.74) is 2.89. The van der Waals surface area contributed by atoms with Crippen molar-refractivity contribution in [3.05, 3.63) is 46.8 Å². The van der Waals surface area contributed by atoms with Crippen molar-refractivity contribution in [1.29, 1.82) is 0 Å². The van der Waals surface area contributed by atoms with Crippen LogP contribution in [-0.2, 0) is 18.3 Å². The predicted molar refractivity (Wildman–Crippen MR) is 104 cm³/mol. The van der Waals surface area contributed by atoms with Gasteiger partial charge < -0.3 is 14.7 Å². The molecule has 1 unspecified atom stereocenters. The summed E-state index contributed by atoms with van der Waals surface area (Å²) >= 11 is 0.